The summed E-state index contributed by atoms with van der Waals surface area (Å²) >= 11 is 7.72. The Morgan fingerprint density at radius 3 is 2.66 bits per heavy atom. The Morgan fingerprint density at radius 1 is 1.20 bits per heavy atom. The normalized spacial score (nSPS) is 11.8. The van der Waals surface area contributed by atoms with Crippen LogP contribution in [0.2, 0.25) is 5.15 Å². The molecule has 0 unspecified atom stereocenters. The molecule has 4 heterocycles. The van der Waals surface area contributed by atoms with E-state index in [2.05, 4.69) is 26.3 Å². The topological polar surface area (TPSA) is 155 Å². The molecule has 1 aromatic carbocycles. The number of nitrogens with one attached hydrogen (secondary N) is 2. The van der Waals surface area contributed by atoms with E-state index in [1.54, 1.807) is 5.38 Å². The van der Waals surface area contributed by atoms with Crippen LogP contribution in [0.1, 0.15) is 49.1 Å². The number of ether oxygens (including phenoxy) is 1. The molecule has 0 amide bonds. The van der Waals surface area contributed by atoms with Crippen LogP contribution in [0, 0.1) is 16.7 Å². The summed E-state index contributed by atoms with van der Waals surface area (Å²) in [6.45, 7) is 5.57. The number of fused-ring (bicyclic) bond motifs is 1. The molecular formula is C29H25ClN8O2S. The molecule has 0 saturated heterocycles. The standard InChI is InChI=1S/C29H25ClN8O2S/c1-15(2)40-28-18(11-31)9-19(12-34-28)25(32)24-26(33)35-14-36-27(24)37-16(3)20-10-22-38(21(30)13-41-22)29(39)23(20)17-7-5-4-6-8-17/h4-10,12-16,32H,1-3H3,(H3,33,35,36,37)/t16-/m0/s1. The Labute approximate surface area is 244 Å². The molecule has 0 radical (unpaired) electrons. The molecule has 41 heavy (non-hydrogen) atoms. The van der Waals surface area contributed by atoms with Gasteiger partial charge in [0.1, 0.15) is 39.6 Å². The highest BCUT2D eigenvalue weighted by Gasteiger charge is 2.23. The third kappa shape index (κ3) is 5.35. The van der Waals surface area contributed by atoms with Gasteiger partial charge in [0.15, 0.2) is 0 Å². The van der Waals surface area contributed by atoms with Gasteiger partial charge in [0, 0.05) is 17.1 Å². The zero-order valence-electron chi connectivity index (χ0n) is 22.3. The lowest BCUT2D eigenvalue weighted by Crippen LogP contribution is -2.21. The quantitative estimate of drug-likeness (QED) is 0.196. The number of pyridine rings is 2. The van der Waals surface area contributed by atoms with Gasteiger partial charge in [-0.3, -0.25) is 14.6 Å². The molecule has 10 nitrogen and oxygen atoms in total. The number of nitrogen functional groups attached to an aromatic ring is 1. The van der Waals surface area contributed by atoms with Gasteiger partial charge in [-0.15, -0.1) is 11.3 Å². The zero-order valence-corrected chi connectivity index (χ0v) is 23.9. The second kappa shape index (κ2) is 11.4. The summed E-state index contributed by atoms with van der Waals surface area (Å²) in [5.41, 5.74) is 8.71. The van der Waals surface area contributed by atoms with Gasteiger partial charge >= 0.3 is 0 Å². The van der Waals surface area contributed by atoms with E-state index in [-0.39, 0.29) is 40.2 Å². The fraction of sp³-hybridized carbons (Fsp3) is 0.172. The number of nitriles is 1. The van der Waals surface area contributed by atoms with Crippen LogP contribution in [0.3, 0.4) is 0 Å². The van der Waals surface area contributed by atoms with E-state index in [1.165, 1.54) is 34.3 Å². The maximum absolute atomic E-state index is 13.7. The van der Waals surface area contributed by atoms with Crippen LogP contribution in [-0.4, -0.2) is 31.2 Å². The molecule has 5 rings (SSSR count). The number of anilines is 2. The number of hydrogen-bond donors (Lipinski definition) is 3. The van der Waals surface area contributed by atoms with Gasteiger partial charge in [0.25, 0.3) is 5.56 Å². The second-order valence-corrected chi connectivity index (χ2v) is 10.7. The van der Waals surface area contributed by atoms with E-state index in [0.29, 0.717) is 26.9 Å². The number of benzene rings is 1. The van der Waals surface area contributed by atoms with Gasteiger partial charge in [0.05, 0.1) is 29.0 Å². The van der Waals surface area contributed by atoms with Crippen LogP contribution in [0.5, 0.6) is 5.88 Å². The Morgan fingerprint density at radius 2 is 1.95 bits per heavy atom. The molecule has 0 aliphatic rings. The second-order valence-electron chi connectivity index (χ2n) is 9.46. The SMILES string of the molecule is CC(C)Oc1ncc(C(=N)c2c(N)ncnc2N[C@@H](C)c2cc3scc(Cl)n3c(=O)c2-c2ccccc2)cc1C#N. The maximum atomic E-state index is 13.7. The van der Waals surface area contributed by atoms with E-state index in [0.717, 1.165) is 11.1 Å². The highest BCUT2D eigenvalue weighted by Crippen LogP contribution is 2.33. The van der Waals surface area contributed by atoms with Crippen molar-refractivity contribution >= 4 is 45.1 Å². The van der Waals surface area contributed by atoms with E-state index < -0.39 is 6.04 Å². The number of nitrogens with zero attached hydrogens (tertiary/aromatic N) is 5. The average Bonchev–Trinajstić information content (AvgIpc) is 3.33. The van der Waals surface area contributed by atoms with Gasteiger partial charge in [-0.1, -0.05) is 41.9 Å². The molecule has 12 heteroatoms. The summed E-state index contributed by atoms with van der Waals surface area (Å²) in [4.78, 5) is 27.1. The smallest absolute Gasteiger partial charge is 0.265 e. The van der Waals surface area contributed by atoms with Crippen molar-refractivity contribution < 1.29 is 4.74 Å². The average molecular weight is 585 g/mol. The highest BCUT2D eigenvalue weighted by molar-refractivity contribution is 7.16. The molecule has 0 spiro atoms. The Balaban J connectivity index is 1.57. The van der Waals surface area contributed by atoms with Crippen LogP contribution in [0.4, 0.5) is 11.6 Å². The molecule has 206 valence electrons. The Bertz CT molecular complexity index is 1880. The first-order valence-corrected chi connectivity index (χ1v) is 13.9. The zero-order chi connectivity index (χ0) is 29.3. The first kappa shape index (κ1) is 27.8. The molecule has 4 N–H and O–H groups in total. The Hall–Kier alpha value is -4.79. The molecule has 5 aromatic rings. The minimum atomic E-state index is -0.445. The fourth-order valence-electron chi connectivity index (χ4n) is 4.46. The molecule has 0 aliphatic heterocycles. The summed E-state index contributed by atoms with van der Waals surface area (Å²) in [5, 5.41) is 24.0. The predicted molar refractivity (Wildman–Crippen MR) is 161 cm³/mol. The largest absolute Gasteiger partial charge is 0.474 e. The third-order valence-electron chi connectivity index (χ3n) is 6.31. The first-order valence-electron chi connectivity index (χ1n) is 12.6. The summed E-state index contributed by atoms with van der Waals surface area (Å²) in [7, 11) is 0. The van der Waals surface area contributed by atoms with Crippen LogP contribution in [0.25, 0.3) is 16.0 Å². The van der Waals surface area contributed by atoms with Crippen LogP contribution < -0.4 is 21.3 Å². The van der Waals surface area contributed by atoms with Gasteiger partial charge in [0.2, 0.25) is 5.88 Å². The van der Waals surface area contributed by atoms with Gasteiger partial charge in [-0.05, 0) is 44.0 Å². The predicted octanol–water partition coefficient (Wildman–Crippen LogP) is 5.70. The van der Waals surface area contributed by atoms with Crippen molar-refractivity contribution in [1.29, 1.82) is 10.7 Å². The number of hydrogen-bond acceptors (Lipinski definition) is 10. The number of halogens is 1. The van der Waals surface area contributed by atoms with Crippen LogP contribution in [0.15, 0.2) is 65.2 Å². The lowest BCUT2D eigenvalue weighted by atomic mass is 9.96. The van der Waals surface area contributed by atoms with Gasteiger partial charge in [-0.25, -0.2) is 15.0 Å². The van der Waals surface area contributed by atoms with Crippen LogP contribution >= 0.6 is 22.9 Å². The van der Waals surface area contributed by atoms with Gasteiger partial charge < -0.3 is 15.8 Å². The van der Waals surface area contributed by atoms with Gasteiger partial charge in [-0.2, -0.15) is 5.26 Å². The van der Waals surface area contributed by atoms with E-state index in [1.807, 2.05) is 57.2 Å². The van der Waals surface area contributed by atoms with Crippen molar-refractivity contribution in [3.8, 4) is 23.1 Å². The summed E-state index contributed by atoms with van der Waals surface area (Å²) in [6.07, 6.45) is 2.58. The minimum absolute atomic E-state index is 0.0262. The summed E-state index contributed by atoms with van der Waals surface area (Å²) in [5.74, 6) is 0.552. The monoisotopic (exact) mass is 584 g/mol. The van der Waals surface area contributed by atoms with E-state index in [9.17, 15) is 10.1 Å². The van der Waals surface area contributed by atoms with E-state index >= 15 is 0 Å². The Kier molecular flexibility index (Phi) is 7.70. The summed E-state index contributed by atoms with van der Waals surface area (Å²) in [6, 6.07) is 14.4. The number of aromatic nitrogens is 4. The first-order chi connectivity index (χ1) is 19.7. The summed E-state index contributed by atoms with van der Waals surface area (Å²) < 4.78 is 7.10. The molecular weight excluding hydrogens is 560 g/mol. The van der Waals surface area contributed by atoms with Crippen molar-refractivity contribution in [1.82, 2.24) is 19.4 Å². The lowest BCUT2D eigenvalue weighted by Gasteiger charge is -2.21. The number of thiazole rings is 1. The van der Waals surface area contributed by atoms with Crippen molar-refractivity contribution in [2.45, 2.75) is 32.9 Å². The van der Waals surface area contributed by atoms with E-state index in [4.69, 9.17) is 27.5 Å². The molecule has 0 aliphatic carbocycles. The fourth-order valence-corrected chi connectivity index (χ4v) is 5.62. The lowest BCUT2D eigenvalue weighted by molar-refractivity contribution is 0.232. The molecule has 0 saturated carbocycles. The van der Waals surface area contributed by atoms with Crippen molar-refractivity contribution in [3.63, 3.8) is 0 Å². The minimum Gasteiger partial charge on any atom is -0.474 e. The maximum Gasteiger partial charge on any atom is 0.265 e. The molecule has 0 bridgehead atoms. The van der Waals surface area contributed by atoms with Crippen molar-refractivity contribution in [3.05, 3.63) is 98.1 Å². The number of rotatable bonds is 8. The van der Waals surface area contributed by atoms with Crippen molar-refractivity contribution in [2.24, 2.45) is 0 Å². The van der Waals surface area contributed by atoms with Crippen LogP contribution in [-0.2, 0) is 0 Å². The molecule has 1 atom stereocenters. The molecule has 0 fully saturated rings. The number of nitrogens with two attached hydrogens (primary N) is 1. The third-order valence-corrected chi connectivity index (χ3v) is 7.60. The molecule has 4 aromatic heterocycles. The van der Waals surface area contributed by atoms with Crippen molar-refractivity contribution in [2.75, 3.05) is 11.1 Å². The highest BCUT2D eigenvalue weighted by atomic mass is 35.5.